The number of ketones is 1. The Morgan fingerprint density at radius 3 is 2.32 bits per heavy atom. The molecule has 0 bridgehead atoms. The van der Waals surface area contributed by atoms with Gasteiger partial charge in [-0.3, -0.25) is 19.5 Å². The maximum Gasteiger partial charge on any atom is 0.338 e. The van der Waals surface area contributed by atoms with Crippen molar-refractivity contribution in [1.29, 1.82) is 0 Å². The summed E-state index contributed by atoms with van der Waals surface area (Å²) >= 11 is 0. The second-order valence-electron chi connectivity index (χ2n) is 8.94. The normalized spacial score (nSPS) is 16.5. The zero-order valence-electron chi connectivity index (χ0n) is 21.6. The fourth-order valence-electron chi connectivity index (χ4n) is 4.28. The van der Waals surface area contributed by atoms with Crippen molar-refractivity contribution in [3.63, 3.8) is 0 Å². The molecule has 0 radical (unpaired) electrons. The Morgan fingerprint density at radius 2 is 1.68 bits per heavy atom. The molecule has 1 atom stereocenters. The van der Waals surface area contributed by atoms with Gasteiger partial charge in [-0.15, -0.1) is 0 Å². The molecule has 2 aromatic carbocycles. The zero-order valence-corrected chi connectivity index (χ0v) is 21.6. The molecule has 1 amide bonds. The number of pyridine rings is 1. The molecule has 1 aromatic heterocycles. The Morgan fingerprint density at radius 1 is 0.974 bits per heavy atom. The summed E-state index contributed by atoms with van der Waals surface area (Å²) in [5.74, 6) is -1.71. The number of aromatic nitrogens is 1. The Balaban J connectivity index is 1.78. The average molecular weight is 515 g/mol. The number of ether oxygens (including phenoxy) is 2. The van der Waals surface area contributed by atoms with Gasteiger partial charge in [0.25, 0.3) is 11.7 Å². The number of benzene rings is 2. The topological polar surface area (TPSA) is 106 Å². The number of amides is 1. The Bertz CT molecular complexity index is 1370. The van der Waals surface area contributed by atoms with E-state index < -0.39 is 23.7 Å². The van der Waals surface area contributed by atoms with Crippen molar-refractivity contribution in [2.75, 3.05) is 18.1 Å². The minimum absolute atomic E-state index is 0.0678. The van der Waals surface area contributed by atoms with Gasteiger partial charge in [0.05, 0.1) is 30.0 Å². The largest absolute Gasteiger partial charge is 0.507 e. The lowest BCUT2D eigenvalue weighted by molar-refractivity contribution is -0.132. The minimum Gasteiger partial charge on any atom is -0.507 e. The zero-order chi connectivity index (χ0) is 27.2. The van der Waals surface area contributed by atoms with Crippen LogP contribution in [0, 0.1) is 6.92 Å². The van der Waals surface area contributed by atoms with Gasteiger partial charge in [-0.05, 0) is 79.9 Å². The van der Waals surface area contributed by atoms with Crippen molar-refractivity contribution < 1.29 is 29.0 Å². The number of aliphatic hydroxyl groups is 1. The molecule has 8 heteroatoms. The summed E-state index contributed by atoms with van der Waals surface area (Å²) in [6, 6.07) is 15.6. The van der Waals surface area contributed by atoms with E-state index in [-0.39, 0.29) is 11.3 Å². The molecule has 38 heavy (non-hydrogen) atoms. The second-order valence-corrected chi connectivity index (χ2v) is 8.94. The highest BCUT2D eigenvalue weighted by molar-refractivity contribution is 6.51. The van der Waals surface area contributed by atoms with E-state index >= 15 is 0 Å². The third kappa shape index (κ3) is 5.29. The third-order valence-corrected chi connectivity index (χ3v) is 6.14. The fraction of sp³-hybridized carbons (Fsp3) is 0.267. The number of anilines is 1. The van der Waals surface area contributed by atoms with Crippen LogP contribution in [0.2, 0.25) is 0 Å². The number of hydrogen-bond donors (Lipinski definition) is 1. The summed E-state index contributed by atoms with van der Waals surface area (Å²) in [7, 11) is 0. The Hall–Kier alpha value is -4.46. The fourth-order valence-corrected chi connectivity index (χ4v) is 4.28. The van der Waals surface area contributed by atoms with Crippen LogP contribution in [0.1, 0.15) is 59.9 Å². The number of rotatable bonds is 9. The molecule has 1 aliphatic rings. The molecule has 1 N–H and O–H groups in total. The number of esters is 1. The highest BCUT2D eigenvalue weighted by Crippen LogP contribution is 2.41. The van der Waals surface area contributed by atoms with Crippen LogP contribution in [0.5, 0.6) is 5.75 Å². The van der Waals surface area contributed by atoms with E-state index in [0.717, 1.165) is 12.0 Å². The van der Waals surface area contributed by atoms with Gasteiger partial charge in [0.15, 0.2) is 0 Å². The van der Waals surface area contributed by atoms with Crippen LogP contribution in [0.3, 0.4) is 0 Å². The van der Waals surface area contributed by atoms with Gasteiger partial charge in [-0.1, -0.05) is 19.9 Å². The predicted molar refractivity (Wildman–Crippen MR) is 143 cm³/mol. The number of carbonyl (C=O) groups excluding carboxylic acids is 3. The number of nitrogens with zero attached hydrogens (tertiary/aromatic N) is 2. The highest BCUT2D eigenvalue weighted by atomic mass is 16.5. The quantitative estimate of drug-likeness (QED) is 0.177. The van der Waals surface area contributed by atoms with Crippen molar-refractivity contribution in [3.05, 3.63) is 94.8 Å². The van der Waals surface area contributed by atoms with Crippen LogP contribution >= 0.6 is 0 Å². The van der Waals surface area contributed by atoms with E-state index in [0.29, 0.717) is 47.9 Å². The van der Waals surface area contributed by atoms with Crippen molar-refractivity contribution in [1.82, 2.24) is 4.98 Å². The smallest absolute Gasteiger partial charge is 0.338 e. The van der Waals surface area contributed by atoms with Crippen LogP contribution in [0.15, 0.2) is 72.4 Å². The molecule has 1 fully saturated rings. The summed E-state index contributed by atoms with van der Waals surface area (Å²) in [5.41, 5.74) is 2.24. The SMILES string of the molecule is CCCOC(=O)c1ccc(N2C(=O)C(=O)/C(=C(\O)c3ccc(OCCC)c(C)c3)C2c2ccccn2)cc1. The van der Waals surface area contributed by atoms with Crippen molar-refractivity contribution >= 4 is 29.1 Å². The van der Waals surface area contributed by atoms with Gasteiger partial charge in [0, 0.05) is 17.4 Å². The number of carbonyl (C=O) groups is 3. The molecule has 0 aliphatic carbocycles. The van der Waals surface area contributed by atoms with Crippen molar-refractivity contribution in [2.24, 2.45) is 0 Å². The number of aliphatic hydroxyl groups excluding tert-OH is 1. The first-order valence-electron chi connectivity index (χ1n) is 12.6. The molecule has 1 saturated heterocycles. The maximum atomic E-state index is 13.3. The summed E-state index contributed by atoms with van der Waals surface area (Å²) in [4.78, 5) is 44.6. The van der Waals surface area contributed by atoms with Gasteiger partial charge in [-0.2, -0.15) is 0 Å². The lowest BCUT2D eigenvalue weighted by atomic mass is 9.97. The number of aryl methyl sites for hydroxylation is 1. The van der Waals surface area contributed by atoms with E-state index in [2.05, 4.69) is 4.98 Å². The molecule has 0 spiro atoms. The molecule has 1 aliphatic heterocycles. The Labute approximate surface area is 221 Å². The van der Waals surface area contributed by atoms with Gasteiger partial charge in [-0.25, -0.2) is 4.79 Å². The van der Waals surface area contributed by atoms with Gasteiger partial charge >= 0.3 is 5.97 Å². The second kappa shape index (κ2) is 11.7. The summed E-state index contributed by atoms with van der Waals surface area (Å²) in [5, 5.41) is 11.3. The molecule has 1 unspecified atom stereocenters. The van der Waals surface area contributed by atoms with E-state index in [1.54, 1.807) is 66.9 Å². The lowest BCUT2D eigenvalue weighted by Gasteiger charge is -2.24. The standard InChI is InChI=1S/C30H30N2O6/c1-4-16-37-24-14-11-21(18-19(24)3)27(33)25-26(23-8-6-7-15-31-23)32(29(35)28(25)34)22-12-9-20(10-13-22)30(36)38-17-5-2/h6-15,18,26,33H,4-5,16-17H2,1-3H3/b27-25-. The van der Waals surface area contributed by atoms with Crippen LogP contribution in [0.25, 0.3) is 5.76 Å². The third-order valence-electron chi connectivity index (χ3n) is 6.14. The lowest BCUT2D eigenvalue weighted by Crippen LogP contribution is -2.29. The minimum atomic E-state index is -0.967. The first-order valence-corrected chi connectivity index (χ1v) is 12.6. The first kappa shape index (κ1) is 26.6. The van der Waals surface area contributed by atoms with Gasteiger partial charge < -0.3 is 14.6 Å². The molecule has 2 heterocycles. The average Bonchev–Trinajstić information content (AvgIpc) is 3.21. The van der Waals surface area contributed by atoms with Crippen molar-refractivity contribution in [2.45, 2.75) is 39.7 Å². The summed E-state index contributed by atoms with van der Waals surface area (Å²) in [6.07, 6.45) is 3.12. The predicted octanol–water partition coefficient (Wildman–Crippen LogP) is 5.37. The monoisotopic (exact) mass is 514 g/mol. The summed E-state index contributed by atoms with van der Waals surface area (Å²) in [6.45, 7) is 6.63. The van der Waals surface area contributed by atoms with E-state index in [4.69, 9.17) is 9.47 Å². The molecule has 8 nitrogen and oxygen atoms in total. The van der Waals surface area contributed by atoms with E-state index in [1.807, 2.05) is 20.8 Å². The molecule has 3 aromatic rings. The summed E-state index contributed by atoms with van der Waals surface area (Å²) < 4.78 is 10.9. The van der Waals surface area contributed by atoms with Gasteiger partial charge in [0.1, 0.15) is 17.6 Å². The van der Waals surface area contributed by atoms with Crippen LogP contribution in [0.4, 0.5) is 5.69 Å². The first-order chi connectivity index (χ1) is 18.4. The molecular weight excluding hydrogens is 484 g/mol. The van der Waals surface area contributed by atoms with E-state index in [1.165, 1.54) is 4.90 Å². The molecule has 0 saturated carbocycles. The molecule has 4 rings (SSSR count). The van der Waals surface area contributed by atoms with E-state index in [9.17, 15) is 19.5 Å². The molecule has 196 valence electrons. The molecular formula is C30H30N2O6. The number of hydrogen-bond acceptors (Lipinski definition) is 7. The number of Topliss-reactive ketones (excluding diaryl/α,β-unsaturated/α-hetero) is 1. The van der Waals surface area contributed by atoms with Crippen LogP contribution < -0.4 is 9.64 Å². The maximum absolute atomic E-state index is 13.3. The Kier molecular flexibility index (Phi) is 8.21. The van der Waals surface area contributed by atoms with Crippen LogP contribution in [-0.2, 0) is 14.3 Å². The highest BCUT2D eigenvalue weighted by Gasteiger charge is 2.47. The van der Waals surface area contributed by atoms with Gasteiger partial charge in [0.2, 0.25) is 0 Å². The van der Waals surface area contributed by atoms with Crippen molar-refractivity contribution in [3.8, 4) is 5.75 Å². The van der Waals surface area contributed by atoms with Crippen LogP contribution in [-0.4, -0.2) is 41.0 Å².